The molecule has 1 aromatic rings. The van der Waals surface area contributed by atoms with E-state index in [2.05, 4.69) is 5.32 Å². The number of carboxylic acid groups (broad SMARTS) is 1. The Morgan fingerprint density at radius 3 is 2.38 bits per heavy atom. The molecular formula is C16H22N2O3. The molecule has 1 aliphatic carbocycles. The van der Waals surface area contributed by atoms with E-state index in [9.17, 15) is 9.59 Å². The smallest absolute Gasteiger partial charge is 0.317 e. The van der Waals surface area contributed by atoms with Gasteiger partial charge in [0.05, 0.1) is 6.54 Å². The van der Waals surface area contributed by atoms with Crippen molar-refractivity contribution in [3.63, 3.8) is 0 Å². The van der Waals surface area contributed by atoms with Gasteiger partial charge >= 0.3 is 5.97 Å². The molecule has 5 nitrogen and oxygen atoms in total. The average molecular weight is 290 g/mol. The van der Waals surface area contributed by atoms with Crippen LogP contribution in [-0.4, -0.2) is 34.5 Å². The van der Waals surface area contributed by atoms with Crippen LogP contribution in [0.3, 0.4) is 0 Å². The Kier molecular flexibility index (Phi) is 5.33. The Morgan fingerprint density at radius 2 is 1.86 bits per heavy atom. The molecule has 0 bridgehead atoms. The first kappa shape index (κ1) is 15.5. The van der Waals surface area contributed by atoms with Gasteiger partial charge in [0.25, 0.3) is 0 Å². The van der Waals surface area contributed by atoms with Gasteiger partial charge in [-0.05, 0) is 30.5 Å². The van der Waals surface area contributed by atoms with Crippen LogP contribution in [0.1, 0.15) is 38.2 Å². The number of carbonyl (C=O) groups is 2. The van der Waals surface area contributed by atoms with Crippen molar-refractivity contribution in [3.8, 4) is 0 Å². The molecule has 0 spiro atoms. The Balaban J connectivity index is 2.01. The predicted molar refractivity (Wildman–Crippen MR) is 81.0 cm³/mol. The monoisotopic (exact) mass is 290 g/mol. The molecule has 1 aliphatic rings. The number of benzene rings is 1. The lowest BCUT2D eigenvalue weighted by molar-refractivity contribution is -0.139. The molecule has 2 rings (SSSR count). The summed E-state index contributed by atoms with van der Waals surface area (Å²) in [6, 6.07) is 7.95. The summed E-state index contributed by atoms with van der Waals surface area (Å²) in [4.78, 5) is 24.1. The number of carboxylic acids is 1. The van der Waals surface area contributed by atoms with E-state index in [1.165, 1.54) is 19.8 Å². The summed E-state index contributed by atoms with van der Waals surface area (Å²) < 4.78 is 0. The number of rotatable bonds is 6. The highest BCUT2D eigenvalue weighted by molar-refractivity contribution is 5.88. The van der Waals surface area contributed by atoms with E-state index in [4.69, 9.17) is 5.11 Å². The molecule has 0 saturated heterocycles. The van der Waals surface area contributed by atoms with E-state index >= 15 is 0 Å². The first-order valence-electron chi connectivity index (χ1n) is 7.37. The number of hydrogen-bond acceptors (Lipinski definition) is 3. The maximum absolute atomic E-state index is 11.0. The van der Waals surface area contributed by atoms with Gasteiger partial charge in [-0.3, -0.25) is 14.5 Å². The molecule has 114 valence electrons. The van der Waals surface area contributed by atoms with Crippen LogP contribution in [0.4, 0.5) is 5.69 Å². The van der Waals surface area contributed by atoms with Crippen molar-refractivity contribution >= 4 is 17.6 Å². The molecule has 1 amide bonds. The van der Waals surface area contributed by atoms with Crippen LogP contribution in [-0.2, 0) is 16.1 Å². The minimum atomic E-state index is -0.781. The molecule has 1 aromatic carbocycles. The molecular weight excluding hydrogens is 268 g/mol. The number of nitrogens with one attached hydrogen (secondary N) is 1. The number of aliphatic carboxylic acids is 1. The Morgan fingerprint density at radius 1 is 1.24 bits per heavy atom. The largest absolute Gasteiger partial charge is 0.480 e. The predicted octanol–water partition coefficient (Wildman–Crippen LogP) is 2.47. The van der Waals surface area contributed by atoms with E-state index in [1.54, 1.807) is 0 Å². The third-order valence-electron chi connectivity index (χ3n) is 3.84. The molecule has 2 N–H and O–H groups in total. The van der Waals surface area contributed by atoms with E-state index < -0.39 is 5.97 Å². The van der Waals surface area contributed by atoms with Gasteiger partial charge in [0, 0.05) is 25.2 Å². The summed E-state index contributed by atoms with van der Waals surface area (Å²) in [5.74, 6) is -0.877. The Bertz CT molecular complexity index is 493. The van der Waals surface area contributed by atoms with Gasteiger partial charge < -0.3 is 10.4 Å². The van der Waals surface area contributed by atoms with Crippen molar-refractivity contribution in [3.05, 3.63) is 29.8 Å². The molecule has 0 heterocycles. The lowest BCUT2D eigenvalue weighted by Crippen LogP contribution is -2.37. The van der Waals surface area contributed by atoms with Crippen molar-refractivity contribution < 1.29 is 14.7 Å². The van der Waals surface area contributed by atoms with Gasteiger partial charge in [-0.15, -0.1) is 0 Å². The zero-order valence-electron chi connectivity index (χ0n) is 12.3. The maximum atomic E-state index is 11.0. The average Bonchev–Trinajstić information content (AvgIpc) is 2.93. The molecule has 0 radical (unpaired) electrons. The van der Waals surface area contributed by atoms with Gasteiger partial charge in [-0.1, -0.05) is 25.0 Å². The third kappa shape index (κ3) is 4.86. The summed E-state index contributed by atoms with van der Waals surface area (Å²) in [6.07, 6.45) is 4.53. The van der Waals surface area contributed by atoms with Gasteiger partial charge in [0.1, 0.15) is 0 Å². The first-order chi connectivity index (χ1) is 10.0. The van der Waals surface area contributed by atoms with Crippen LogP contribution in [0, 0.1) is 0 Å². The minimum absolute atomic E-state index is 0.0815. The molecule has 1 saturated carbocycles. The van der Waals surface area contributed by atoms with Crippen molar-refractivity contribution in [1.82, 2.24) is 4.90 Å². The fraction of sp³-hybridized carbons (Fsp3) is 0.500. The maximum Gasteiger partial charge on any atom is 0.317 e. The van der Waals surface area contributed by atoms with Gasteiger partial charge in [0.2, 0.25) is 5.91 Å². The molecule has 0 atom stereocenters. The fourth-order valence-corrected chi connectivity index (χ4v) is 2.89. The van der Waals surface area contributed by atoms with Crippen LogP contribution in [0.5, 0.6) is 0 Å². The standard InChI is InChI=1S/C16H22N2O3/c1-12(19)17-14-8-6-13(7-9-14)10-18(11-16(20)21)15-4-2-3-5-15/h6-9,15H,2-5,10-11H2,1H3,(H,17,19)(H,20,21). The highest BCUT2D eigenvalue weighted by Crippen LogP contribution is 2.25. The van der Waals surface area contributed by atoms with Crippen LogP contribution >= 0.6 is 0 Å². The second-order valence-corrected chi connectivity index (χ2v) is 5.62. The van der Waals surface area contributed by atoms with Crippen molar-refractivity contribution in [1.29, 1.82) is 0 Å². The molecule has 1 fully saturated rings. The van der Waals surface area contributed by atoms with E-state index in [-0.39, 0.29) is 12.5 Å². The quantitative estimate of drug-likeness (QED) is 0.844. The topological polar surface area (TPSA) is 69.6 Å². The summed E-state index contributed by atoms with van der Waals surface area (Å²) in [5.41, 5.74) is 1.83. The van der Waals surface area contributed by atoms with E-state index in [1.807, 2.05) is 29.2 Å². The Labute approximate surface area is 125 Å². The number of hydrogen-bond donors (Lipinski definition) is 2. The molecule has 0 unspecified atom stereocenters. The normalized spacial score (nSPS) is 15.3. The van der Waals surface area contributed by atoms with Gasteiger partial charge in [0.15, 0.2) is 0 Å². The van der Waals surface area contributed by atoms with Crippen LogP contribution in [0.25, 0.3) is 0 Å². The van der Waals surface area contributed by atoms with Crippen LogP contribution < -0.4 is 5.32 Å². The molecule has 5 heteroatoms. The van der Waals surface area contributed by atoms with Crippen molar-refractivity contribution in [2.24, 2.45) is 0 Å². The van der Waals surface area contributed by atoms with Gasteiger partial charge in [-0.2, -0.15) is 0 Å². The minimum Gasteiger partial charge on any atom is -0.480 e. The van der Waals surface area contributed by atoms with Crippen molar-refractivity contribution in [2.45, 2.75) is 45.2 Å². The number of amides is 1. The second kappa shape index (κ2) is 7.22. The molecule has 0 aliphatic heterocycles. The summed E-state index contributed by atoms with van der Waals surface area (Å²) >= 11 is 0. The number of anilines is 1. The fourth-order valence-electron chi connectivity index (χ4n) is 2.89. The lowest BCUT2D eigenvalue weighted by atomic mass is 10.1. The number of nitrogens with zero attached hydrogens (tertiary/aromatic N) is 1. The van der Waals surface area contributed by atoms with E-state index in [0.29, 0.717) is 12.6 Å². The zero-order valence-corrected chi connectivity index (χ0v) is 12.3. The summed E-state index contributed by atoms with van der Waals surface area (Å²) in [7, 11) is 0. The van der Waals surface area contributed by atoms with E-state index in [0.717, 1.165) is 24.1 Å². The molecule has 0 aromatic heterocycles. The highest BCUT2D eigenvalue weighted by Gasteiger charge is 2.24. The zero-order chi connectivity index (χ0) is 15.2. The highest BCUT2D eigenvalue weighted by atomic mass is 16.4. The SMILES string of the molecule is CC(=O)Nc1ccc(CN(CC(=O)O)C2CCCC2)cc1. The van der Waals surface area contributed by atoms with Gasteiger partial charge in [-0.25, -0.2) is 0 Å². The first-order valence-corrected chi connectivity index (χ1v) is 7.37. The number of carbonyl (C=O) groups excluding carboxylic acids is 1. The summed E-state index contributed by atoms with van der Waals surface area (Å²) in [5, 5.41) is 11.8. The van der Waals surface area contributed by atoms with Crippen molar-refractivity contribution in [2.75, 3.05) is 11.9 Å². The second-order valence-electron chi connectivity index (χ2n) is 5.62. The molecule has 21 heavy (non-hydrogen) atoms. The summed E-state index contributed by atoms with van der Waals surface area (Å²) in [6.45, 7) is 2.19. The third-order valence-corrected chi connectivity index (χ3v) is 3.84. The lowest BCUT2D eigenvalue weighted by Gasteiger charge is -2.27. The van der Waals surface area contributed by atoms with Crippen LogP contribution in [0.2, 0.25) is 0 Å². The van der Waals surface area contributed by atoms with Crippen LogP contribution in [0.15, 0.2) is 24.3 Å². The Hall–Kier alpha value is -1.88.